The van der Waals surface area contributed by atoms with Crippen molar-refractivity contribution in [3.8, 4) is 67.5 Å². The van der Waals surface area contributed by atoms with Gasteiger partial charge in [-0.1, -0.05) is 273 Å². The quantitative estimate of drug-likeness (QED) is 0.112. The van der Waals surface area contributed by atoms with Crippen LogP contribution in [0.15, 0.2) is 413 Å². The summed E-state index contributed by atoms with van der Waals surface area (Å²) in [5.74, 6) is 0. The van der Waals surface area contributed by atoms with E-state index in [1.807, 2.05) is 0 Å². The molecule has 0 aliphatic carbocycles. The van der Waals surface area contributed by atoms with E-state index in [1.54, 1.807) is 0 Å². The van der Waals surface area contributed by atoms with Crippen molar-refractivity contribution in [1.82, 2.24) is 38.2 Å². The molecule has 8 heterocycles. The molecule has 18 aromatic carbocycles. The van der Waals surface area contributed by atoms with E-state index in [2.05, 4.69) is 431 Å². The zero-order valence-corrected chi connectivity index (χ0v) is 64.8. The monoisotopic (exact) mass is 1520 g/mol. The molecule has 8 aromatic heterocycles. The van der Waals surface area contributed by atoms with Gasteiger partial charge in [0.05, 0.1) is 88.6 Å². The van der Waals surface area contributed by atoms with Crippen molar-refractivity contribution >= 4 is 174 Å². The van der Waals surface area contributed by atoms with E-state index in [-0.39, 0.29) is 0 Å². The van der Waals surface area contributed by atoms with Crippen molar-refractivity contribution in [1.29, 1.82) is 0 Å². The zero-order chi connectivity index (χ0) is 78.6. The van der Waals surface area contributed by atoms with E-state index in [1.165, 1.54) is 126 Å². The topological polar surface area (TPSA) is 71.3 Å². The van der Waals surface area contributed by atoms with Crippen LogP contribution < -0.4 is 0 Å². The Morgan fingerprint density at radius 2 is 0.467 bits per heavy atom. The number of fused-ring (bicyclic) bond motifs is 22. The molecular formula is C112H68N8. The van der Waals surface area contributed by atoms with Gasteiger partial charge >= 0.3 is 0 Å². The summed E-state index contributed by atoms with van der Waals surface area (Å²) in [6.07, 6.45) is 0. The lowest BCUT2D eigenvalue weighted by atomic mass is 9.95. The maximum atomic E-state index is 5.38. The Balaban J connectivity index is 0.000000134. The number of rotatable bonds is 8. The molecule has 0 unspecified atom stereocenters. The van der Waals surface area contributed by atoms with Crippen molar-refractivity contribution in [2.24, 2.45) is 0 Å². The van der Waals surface area contributed by atoms with Crippen LogP contribution in [0.5, 0.6) is 0 Å². The molecule has 0 aliphatic heterocycles. The number of hydrogen-bond donors (Lipinski definition) is 0. The fourth-order valence-electron chi connectivity index (χ4n) is 19.5. The molecule has 0 fully saturated rings. The van der Waals surface area contributed by atoms with Gasteiger partial charge in [0.15, 0.2) is 0 Å². The van der Waals surface area contributed by atoms with E-state index in [0.717, 1.165) is 116 Å². The highest BCUT2D eigenvalue weighted by molar-refractivity contribution is 6.20. The van der Waals surface area contributed by atoms with Gasteiger partial charge in [-0.05, 0) is 172 Å². The summed E-state index contributed by atoms with van der Waals surface area (Å²) in [5.41, 5.74) is 28.4. The maximum absolute atomic E-state index is 5.38. The molecular weight excluding hydrogens is 1460 g/mol. The average Bonchev–Trinajstić information content (AvgIpc) is 1.25. The molecule has 0 radical (unpaired) electrons. The van der Waals surface area contributed by atoms with Crippen molar-refractivity contribution in [2.75, 3.05) is 0 Å². The van der Waals surface area contributed by atoms with Crippen LogP contribution in [0.25, 0.3) is 242 Å². The number of aromatic nitrogens is 8. The first-order chi connectivity index (χ1) is 59.5. The Labute approximate surface area is 687 Å². The second-order valence-electron chi connectivity index (χ2n) is 31.5. The predicted octanol–water partition coefficient (Wildman–Crippen LogP) is 29.2. The van der Waals surface area contributed by atoms with Crippen LogP contribution in [0, 0.1) is 0 Å². The molecule has 0 amide bonds. The Kier molecular flexibility index (Phi) is 15.0. The number of para-hydroxylation sites is 8. The highest BCUT2D eigenvalue weighted by atomic mass is 15.0. The second-order valence-corrected chi connectivity index (χ2v) is 31.5. The smallest absolute Gasteiger partial charge is 0.0978 e. The Bertz CT molecular complexity index is 8700. The van der Waals surface area contributed by atoms with Crippen LogP contribution in [0.1, 0.15) is 0 Å². The lowest BCUT2D eigenvalue weighted by molar-refractivity contribution is 1.16. The van der Waals surface area contributed by atoms with E-state index in [0.29, 0.717) is 0 Å². The molecule has 26 aromatic rings. The van der Waals surface area contributed by atoms with Crippen LogP contribution in [0.2, 0.25) is 0 Å². The molecule has 556 valence electrons. The number of benzene rings is 18. The Hall–Kier alpha value is -16.2. The van der Waals surface area contributed by atoms with Crippen LogP contribution in [-0.4, -0.2) is 38.2 Å². The molecule has 0 saturated carbocycles. The van der Waals surface area contributed by atoms with Gasteiger partial charge in [0.1, 0.15) is 0 Å². The van der Waals surface area contributed by atoms with Gasteiger partial charge in [0.2, 0.25) is 0 Å². The summed E-state index contributed by atoms with van der Waals surface area (Å²) in [7, 11) is 0. The SMILES string of the molecule is c1ccc(-c2c3ccccc3nc3c2ccc2ccc(-c4ccc5cc6cc(-n7c8ccccc8c8cc(-n9c%10ccccc%10c%10ccccc%109)ccc87)ccc6cc5c4)nc23)cc1.c1ccc(-c2c3ccccc3nc3c2ccc2ccc(-c4cccc(-n5c6ccccc6c6cc(-n7c8ccccc8c8ccccc87)ccc65)c4)nc23)cc1. The third kappa shape index (κ3) is 10.5. The molecule has 0 saturated heterocycles. The van der Waals surface area contributed by atoms with Crippen molar-refractivity contribution < 1.29 is 0 Å². The number of nitrogens with zero attached hydrogens (tertiary/aromatic N) is 8. The van der Waals surface area contributed by atoms with Crippen LogP contribution in [0.3, 0.4) is 0 Å². The second kappa shape index (κ2) is 26.7. The summed E-state index contributed by atoms with van der Waals surface area (Å²) in [6, 6.07) is 149. The van der Waals surface area contributed by atoms with E-state index in [4.69, 9.17) is 19.9 Å². The first kappa shape index (κ1) is 67.2. The van der Waals surface area contributed by atoms with Gasteiger partial charge in [-0.15, -0.1) is 0 Å². The summed E-state index contributed by atoms with van der Waals surface area (Å²) >= 11 is 0. The third-order valence-corrected chi connectivity index (χ3v) is 24.9. The van der Waals surface area contributed by atoms with E-state index in [9.17, 15) is 0 Å². The number of pyridine rings is 4. The Morgan fingerprint density at radius 1 is 0.150 bits per heavy atom. The van der Waals surface area contributed by atoms with Gasteiger partial charge < -0.3 is 18.3 Å². The average molecular weight is 1530 g/mol. The number of hydrogen-bond acceptors (Lipinski definition) is 4. The standard InChI is InChI=1S/C60H36N4.C52H32N4/c1-2-12-37(13-3-1)58-49-17-4-8-18-53(49)62-60-50(58)29-25-38-26-30-52(61-59(38)60)41-23-22-39-33-43-35-44(27-24-40(43)32-42(39)34-41)63-56-21-11-7-16-48(56)51-36-45(28-31-57(51)63)64-54-19-9-5-14-46(54)47-15-6-10-20-55(47)64;1-2-13-33(14-3-1)50-41-20-4-8-21-45(41)54-52-42(50)28-25-34-26-29-44(53-51(34)52)35-15-12-16-36(31-35)55-48-24-11-7-19-40(48)43-32-37(27-30-49(43)55)56-46-22-9-5-17-38(46)39-18-6-10-23-47(39)56/h1-36H;1-32H. The highest BCUT2D eigenvalue weighted by Gasteiger charge is 2.23. The summed E-state index contributed by atoms with van der Waals surface area (Å²) in [5, 5.41) is 21.4. The largest absolute Gasteiger partial charge is 0.309 e. The molecule has 8 heteroatoms. The molecule has 120 heavy (non-hydrogen) atoms. The first-order valence-electron chi connectivity index (χ1n) is 41.0. The highest BCUT2D eigenvalue weighted by Crippen LogP contribution is 2.45. The van der Waals surface area contributed by atoms with Crippen molar-refractivity contribution in [3.05, 3.63) is 413 Å². The molecule has 26 rings (SSSR count). The minimum Gasteiger partial charge on any atom is -0.309 e. The molecule has 8 nitrogen and oxygen atoms in total. The van der Waals surface area contributed by atoms with Gasteiger partial charge in [-0.3, -0.25) is 0 Å². The molecule has 0 atom stereocenters. The molecule has 0 bridgehead atoms. The van der Waals surface area contributed by atoms with Crippen LogP contribution in [-0.2, 0) is 0 Å². The van der Waals surface area contributed by atoms with Gasteiger partial charge in [-0.25, -0.2) is 19.9 Å². The lowest BCUT2D eigenvalue weighted by Gasteiger charge is -2.14. The van der Waals surface area contributed by atoms with Gasteiger partial charge in [0, 0.05) is 120 Å². The minimum atomic E-state index is 0.905. The van der Waals surface area contributed by atoms with Gasteiger partial charge in [0.25, 0.3) is 0 Å². The lowest BCUT2D eigenvalue weighted by Crippen LogP contribution is -1.96. The molecule has 0 aliphatic rings. The summed E-state index contributed by atoms with van der Waals surface area (Å²) in [4.78, 5) is 21.2. The normalized spacial score (nSPS) is 12.0. The van der Waals surface area contributed by atoms with E-state index < -0.39 is 0 Å². The fraction of sp³-hybridized carbons (Fsp3) is 0. The third-order valence-electron chi connectivity index (χ3n) is 24.9. The van der Waals surface area contributed by atoms with Crippen LogP contribution in [0.4, 0.5) is 0 Å². The summed E-state index contributed by atoms with van der Waals surface area (Å²) in [6.45, 7) is 0. The first-order valence-corrected chi connectivity index (χ1v) is 41.0. The summed E-state index contributed by atoms with van der Waals surface area (Å²) < 4.78 is 9.61. The van der Waals surface area contributed by atoms with Crippen LogP contribution >= 0.6 is 0 Å². The van der Waals surface area contributed by atoms with Crippen molar-refractivity contribution in [3.63, 3.8) is 0 Å². The van der Waals surface area contributed by atoms with Gasteiger partial charge in [-0.2, -0.15) is 0 Å². The zero-order valence-electron chi connectivity index (χ0n) is 64.8. The fourth-order valence-corrected chi connectivity index (χ4v) is 19.5. The minimum absolute atomic E-state index is 0.905. The van der Waals surface area contributed by atoms with E-state index >= 15 is 0 Å². The van der Waals surface area contributed by atoms with Crippen molar-refractivity contribution in [2.45, 2.75) is 0 Å². The Morgan fingerprint density at radius 3 is 0.908 bits per heavy atom. The molecule has 0 N–H and O–H groups in total. The maximum Gasteiger partial charge on any atom is 0.0978 e. The predicted molar refractivity (Wildman–Crippen MR) is 503 cm³/mol. The molecule has 0 spiro atoms.